The van der Waals surface area contributed by atoms with E-state index in [9.17, 15) is 9.59 Å². The molecule has 1 atom stereocenters. The van der Waals surface area contributed by atoms with Crippen molar-refractivity contribution >= 4 is 23.5 Å². The fourth-order valence-corrected chi connectivity index (χ4v) is 2.59. The lowest BCUT2D eigenvalue weighted by atomic mass is 9.97. The molecule has 0 bridgehead atoms. The monoisotopic (exact) mass is 360 g/mol. The maximum Gasteiger partial charge on any atom is 0.338 e. The predicted octanol–water partition coefficient (Wildman–Crippen LogP) is 3.80. The molecule has 1 unspecified atom stereocenters. The van der Waals surface area contributed by atoms with Gasteiger partial charge < -0.3 is 10.1 Å². The highest BCUT2D eigenvalue weighted by atomic mass is 35.5. The van der Waals surface area contributed by atoms with Gasteiger partial charge in [-0.2, -0.15) is 0 Å². The molecule has 0 saturated heterocycles. The van der Waals surface area contributed by atoms with Crippen molar-refractivity contribution in [2.24, 2.45) is 5.92 Å². The van der Waals surface area contributed by atoms with Crippen molar-refractivity contribution in [3.8, 4) is 0 Å². The van der Waals surface area contributed by atoms with Crippen molar-refractivity contribution in [3.05, 3.63) is 64.9 Å². The molecular weight excluding hydrogens is 340 g/mol. The minimum atomic E-state index is -0.612. The molecule has 1 aromatic heterocycles. The number of pyridine rings is 1. The zero-order chi connectivity index (χ0) is 18.2. The largest absolute Gasteiger partial charge is 0.452 e. The van der Waals surface area contributed by atoms with E-state index in [2.05, 4.69) is 24.1 Å². The smallest absolute Gasteiger partial charge is 0.338 e. The summed E-state index contributed by atoms with van der Waals surface area (Å²) >= 11 is 5.74. The van der Waals surface area contributed by atoms with E-state index in [-0.39, 0.29) is 29.3 Å². The first kappa shape index (κ1) is 18.9. The fraction of sp³-hybridized carbons (Fsp3) is 0.316. The van der Waals surface area contributed by atoms with Crippen molar-refractivity contribution in [1.82, 2.24) is 10.3 Å². The third kappa shape index (κ3) is 6.19. The molecule has 2 aromatic rings. The summed E-state index contributed by atoms with van der Waals surface area (Å²) in [6.07, 6.45) is 2.21. The van der Waals surface area contributed by atoms with Crippen LogP contribution in [0.5, 0.6) is 0 Å². The number of hydrogen-bond donors (Lipinski definition) is 1. The molecule has 0 aliphatic heterocycles. The van der Waals surface area contributed by atoms with E-state index in [0.29, 0.717) is 5.92 Å². The topological polar surface area (TPSA) is 68.3 Å². The van der Waals surface area contributed by atoms with Crippen LogP contribution in [0, 0.1) is 5.92 Å². The molecule has 1 heterocycles. The van der Waals surface area contributed by atoms with Crippen LogP contribution >= 0.6 is 11.6 Å². The zero-order valence-corrected chi connectivity index (χ0v) is 15.0. The highest BCUT2D eigenvalue weighted by Crippen LogP contribution is 2.21. The van der Waals surface area contributed by atoms with E-state index in [1.807, 2.05) is 30.3 Å². The molecule has 2 rings (SSSR count). The molecular formula is C19H21ClN2O3. The molecule has 25 heavy (non-hydrogen) atoms. The maximum atomic E-state index is 12.2. The minimum Gasteiger partial charge on any atom is -0.452 e. The summed E-state index contributed by atoms with van der Waals surface area (Å²) in [7, 11) is 0. The molecule has 0 saturated carbocycles. The Labute approximate surface area is 152 Å². The maximum absolute atomic E-state index is 12.2. The molecule has 0 fully saturated rings. The molecule has 5 nitrogen and oxygen atoms in total. The number of esters is 1. The third-order valence-electron chi connectivity index (χ3n) is 3.54. The van der Waals surface area contributed by atoms with Crippen molar-refractivity contribution in [3.63, 3.8) is 0 Å². The number of carbonyl (C=O) groups is 2. The second kappa shape index (κ2) is 9.18. The molecule has 0 radical (unpaired) electrons. The number of hydrogen-bond acceptors (Lipinski definition) is 4. The van der Waals surface area contributed by atoms with Crippen LogP contribution in [0.25, 0.3) is 0 Å². The zero-order valence-electron chi connectivity index (χ0n) is 14.2. The van der Waals surface area contributed by atoms with Gasteiger partial charge in [-0.1, -0.05) is 55.8 Å². The van der Waals surface area contributed by atoms with Gasteiger partial charge in [-0.3, -0.25) is 4.79 Å². The van der Waals surface area contributed by atoms with Crippen LogP contribution in [-0.4, -0.2) is 23.5 Å². The Kier molecular flexibility index (Phi) is 6.95. The number of amides is 1. The van der Waals surface area contributed by atoms with Gasteiger partial charge in [0.1, 0.15) is 5.15 Å². The molecule has 1 amide bonds. The van der Waals surface area contributed by atoms with Gasteiger partial charge in [0.2, 0.25) is 0 Å². The van der Waals surface area contributed by atoms with Crippen LogP contribution in [0.4, 0.5) is 0 Å². The molecule has 0 spiro atoms. The molecule has 0 aliphatic rings. The summed E-state index contributed by atoms with van der Waals surface area (Å²) in [5.74, 6) is -0.547. The van der Waals surface area contributed by atoms with Crippen LogP contribution in [-0.2, 0) is 9.53 Å². The Balaban J connectivity index is 1.93. The second-order valence-electron chi connectivity index (χ2n) is 6.10. The van der Waals surface area contributed by atoms with Crippen molar-refractivity contribution in [2.75, 3.05) is 6.61 Å². The minimum absolute atomic E-state index is 0.122. The Hall–Kier alpha value is -2.40. The number of nitrogens with one attached hydrogen (secondary N) is 1. The summed E-state index contributed by atoms with van der Waals surface area (Å²) in [5.41, 5.74) is 1.28. The molecule has 1 aromatic carbocycles. The van der Waals surface area contributed by atoms with Gasteiger partial charge in [-0.15, -0.1) is 0 Å². The second-order valence-corrected chi connectivity index (χ2v) is 6.49. The van der Waals surface area contributed by atoms with Gasteiger partial charge in [-0.05, 0) is 30.0 Å². The van der Waals surface area contributed by atoms with E-state index in [4.69, 9.17) is 16.3 Å². The number of aromatic nitrogens is 1. The van der Waals surface area contributed by atoms with Crippen LogP contribution < -0.4 is 5.32 Å². The Morgan fingerprint density at radius 2 is 1.92 bits per heavy atom. The number of benzene rings is 1. The summed E-state index contributed by atoms with van der Waals surface area (Å²) in [6.45, 7) is 3.84. The summed E-state index contributed by atoms with van der Waals surface area (Å²) in [6, 6.07) is 12.5. The summed E-state index contributed by atoms with van der Waals surface area (Å²) < 4.78 is 5.05. The SMILES string of the molecule is CC(C)CC(NC(=O)COC(=O)c1ccnc(Cl)c1)c1ccccc1. The number of carbonyl (C=O) groups excluding carboxylic acids is 2. The van der Waals surface area contributed by atoms with Crippen LogP contribution in [0.15, 0.2) is 48.7 Å². The Morgan fingerprint density at radius 3 is 2.56 bits per heavy atom. The van der Waals surface area contributed by atoms with Crippen molar-refractivity contribution < 1.29 is 14.3 Å². The van der Waals surface area contributed by atoms with Crippen molar-refractivity contribution in [2.45, 2.75) is 26.3 Å². The van der Waals surface area contributed by atoms with Gasteiger partial charge in [0.25, 0.3) is 5.91 Å². The van der Waals surface area contributed by atoms with E-state index in [1.54, 1.807) is 0 Å². The van der Waals surface area contributed by atoms with Gasteiger partial charge in [0.15, 0.2) is 6.61 Å². The number of rotatable bonds is 7. The van der Waals surface area contributed by atoms with Crippen molar-refractivity contribution in [1.29, 1.82) is 0 Å². The van der Waals surface area contributed by atoms with Crippen LogP contribution in [0.3, 0.4) is 0 Å². The number of nitrogens with zero attached hydrogens (tertiary/aromatic N) is 1. The van der Waals surface area contributed by atoms with Gasteiger partial charge in [0.05, 0.1) is 11.6 Å². The average molecular weight is 361 g/mol. The summed E-state index contributed by atoms with van der Waals surface area (Å²) in [4.78, 5) is 27.9. The molecule has 6 heteroatoms. The molecule has 1 N–H and O–H groups in total. The highest BCUT2D eigenvalue weighted by Gasteiger charge is 2.17. The first-order valence-electron chi connectivity index (χ1n) is 8.08. The predicted molar refractivity (Wildman–Crippen MR) is 96.3 cm³/mol. The number of halogens is 1. The van der Waals surface area contributed by atoms with Gasteiger partial charge in [0, 0.05) is 6.20 Å². The van der Waals surface area contributed by atoms with E-state index < -0.39 is 5.97 Å². The standard InChI is InChI=1S/C19H21ClN2O3/c1-13(2)10-16(14-6-4-3-5-7-14)22-18(23)12-25-19(24)15-8-9-21-17(20)11-15/h3-9,11,13,16H,10,12H2,1-2H3,(H,22,23). The normalized spacial score (nSPS) is 11.8. The quantitative estimate of drug-likeness (QED) is 0.602. The summed E-state index contributed by atoms with van der Waals surface area (Å²) in [5, 5.41) is 3.12. The first-order valence-corrected chi connectivity index (χ1v) is 8.46. The Bertz CT molecular complexity index is 720. The third-order valence-corrected chi connectivity index (χ3v) is 3.75. The lowest BCUT2D eigenvalue weighted by molar-refractivity contribution is -0.125. The van der Waals surface area contributed by atoms with E-state index in [1.165, 1.54) is 18.3 Å². The van der Waals surface area contributed by atoms with E-state index in [0.717, 1.165) is 12.0 Å². The lowest BCUT2D eigenvalue weighted by Crippen LogP contribution is -2.33. The molecule has 132 valence electrons. The van der Waals surface area contributed by atoms with Crippen LogP contribution in [0.1, 0.15) is 42.2 Å². The first-order chi connectivity index (χ1) is 12.0. The lowest BCUT2D eigenvalue weighted by Gasteiger charge is -2.21. The number of ether oxygens (including phenoxy) is 1. The van der Waals surface area contributed by atoms with Crippen LogP contribution in [0.2, 0.25) is 5.15 Å². The fourth-order valence-electron chi connectivity index (χ4n) is 2.41. The van der Waals surface area contributed by atoms with Gasteiger partial charge in [-0.25, -0.2) is 9.78 Å². The molecule has 0 aliphatic carbocycles. The highest BCUT2D eigenvalue weighted by molar-refractivity contribution is 6.29. The Morgan fingerprint density at radius 1 is 1.20 bits per heavy atom. The average Bonchev–Trinajstić information content (AvgIpc) is 2.59. The van der Waals surface area contributed by atoms with Gasteiger partial charge >= 0.3 is 5.97 Å². The van der Waals surface area contributed by atoms with E-state index >= 15 is 0 Å².